The van der Waals surface area contributed by atoms with Crippen LogP contribution in [0.1, 0.15) is 0 Å². The van der Waals surface area contributed by atoms with Crippen LogP contribution in [0.4, 0.5) is 0 Å². The third kappa shape index (κ3) is 3.35. The molecule has 1 N–H and O–H groups in total. The van der Waals surface area contributed by atoms with Crippen LogP contribution in [0.3, 0.4) is 0 Å². The van der Waals surface area contributed by atoms with Crippen LogP contribution in [-0.2, 0) is 4.79 Å². The summed E-state index contributed by atoms with van der Waals surface area (Å²) >= 11 is 1.29. The third-order valence-electron chi connectivity index (χ3n) is 0.851. The summed E-state index contributed by atoms with van der Waals surface area (Å²) in [5, 5.41) is 7.97. The van der Waals surface area contributed by atoms with Crippen LogP contribution < -0.4 is 0 Å². The van der Waals surface area contributed by atoms with Gasteiger partial charge < -0.3 is 5.11 Å². The molecule has 0 spiro atoms. The molecule has 0 aliphatic heterocycles. The van der Waals surface area contributed by atoms with Crippen LogP contribution in [0.2, 0.25) is 0 Å². The van der Waals surface area contributed by atoms with Gasteiger partial charge in [-0.1, -0.05) is 12.2 Å². The Bertz CT molecular complexity index is 143. The zero-order valence-electron chi connectivity index (χ0n) is 5.62. The average molecular weight is 158 g/mol. The lowest BCUT2D eigenvalue weighted by molar-refractivity contribution is -0.135. The fourth-order valence-electron chi connectivity index (χ4n) is 0.412. The Hall–Kier alpha value is -0.700. The van der Waals surface area contributed by atoms with Crippen molar-refractivity contribution >= 4 is 17.7 Å². The normalized spacial score (nSPS) is 12.0. The molecule has 0 aliphatic carbocycles. The Labute approximate surface area is 64.6 Å². The Morgan fingerprint density at radius 1 is 1.70 bits per heavy atom. The molecule has 0 fully saturated rings. The van der Waals surface area contributed by atoms with Gasteiger partial charge in [0.25, 0.3) is 0 Å². The summed E-state index contributed by atoms with van der Waals surface area (Å²) in [4.78, 5) is 10.3. The smallest absolute Gasteiger partial charge is 0.320 e. The number of aliphatic carboxylic acids is 1. The summed E-state index contributed by atoms with van der Waals surface area (Å²) in [6.45, 7) is 6.88. The summed E-state index contributed by atoms with van der Waals surface area (Å²) < 4.78 is 0. The van der Waals surface area contributed by atoms with Gasteiger partial charge in [-0.3, -0.25) is 4.79 Å². The zero-order valence-corrected chi connectivity index (χ0v) is 6.43. The molecule has 1 atom stereocenters. The van der Waals surface area contributed by atoms with Crippen LogP contribution in [0.15, 0.2) is 25.3 Å². The number of carboxylic acid groups (broad SMARTS) is 1. The van der Waals surface area contributed by atoms with Crippen molar-refractivity contribution in [3.05, 3.63) is 25.3 Å². The predicted octanol–water partition coefficient (Wildman–Crippen LogP) is 1.54. The highest BCUT2D eigenvalue weighted by atomic mass is 32.2. The van der Waals surface area contributed by atoms with Gasteiger partial charge >= 0.3 is 5.97 Å². The maximum Gasteiger partial charge on any atom is 0.320 e. The molecule has 0 aromatic carbocycles. The van der Waals surface area contributed by atoms with Gasteiger partial charge in [0, 0.05) is 5.75 Å². The van der Waals surface area contributed by atoms with E-state index in [1.165, 1.54) is 17.8 Å². The lowest BCUT2D eigenvalue weighted by Crippen LogP contribution is -2.12. The van der Waals surface area contributed by atoms with Gasteiger partial charge in [0.2, 0.25) is 0 Å². The molecule has 0 bridgehead atoms. The average Bonchev–Trinajstić information content (AvgIpc) is 1.89. The number of hydrogen-bond donors (Lipinski definition) is 1. The first-order chi connectivity index (χ1) is 4.72. The Morgan fingerprint density at radius 3 is 2.60 bits per heavy atom. The standard InChI is InChI=1S/C7H10O2S/c1-3-5-10-6(4-2)7(8)9/h3-4,6H,1-2,5H2,(H,8,9). The lowest BCUT2D eigenvalue weighted by Gasteiger charge is -2.02. The monoisotopic (exact) mass is 158 g/mol. The third-order valence-corrected chi connectivity index (χ3v) is 2.03. The van der Waals surface area contributed by atoms with E-state index in [2.05, 4.69) is 13.2 Å². The van der Waals surface area contributed by atoms with E-state index in [9.17, 15) is 4.79 Å². The minimum absolute atomic E-state index is 0.502. The number of thioether (sulfide) groups is 1. The summed E-state index contributed by atoms with van der Waals surface area (Å²) in [6, 6.07) is 0. The fourth-order valence-corrected chi connectivity index (χ4v) is 1.03. The molecule has 0 aliphatic rings. The fraction of sp³-hybridized carbons (Fsp3) is 0.286. The molecule has 0 saturated heterocycles. The molecule has 0 saturated carbocycles. The highest BCUT2D eigenvalue weighted by molar-refractivity contribution is 8.00. The first-order valence-corrected chi connectivity index (χ1v) is 3.85. The van der Waals surface area contributed by atoms with E-state index in [0.29, 0.717) is 5.75 Å². The highest BCUT2D eigenvalue weighted by Crippen LogP contribution is 2.11. The van der Waals surface area contributed by atoms with E-state index >= 15 is 0 Å². The van der Waals surface area contributed by atoms with Crippen molar-refractivity contribution in [1.82, 2.24) is 0 Å². The Kier molecular flexibility index (Phi) is 4.76. The Balaban J connectivity index is 3.71. The number of carboxylic acids is 1. The van der Waals surface area contributed by atoms with E-state index in [4.69, 9.17) is 5.11 Å². The minimum Gasteiger partial charge on any atom is -0.480 e. The van der Waals surface area contributed by atoms with Gasteiger partial charge in [-0.15, -0.1) is 24.9 Å². The molecular formula is C7H10O2S. The quantitative estimate of drug-likeness (QED) is 0.617. The van der Waals surface area contributed by atoms with Crippen LogP contribution in [-0.4, -0.2) is 22.1 Å². The van der Waals surface area contributed by atoms with Crippen molar-refractivity contribution in [2.45, 2.75) is 5.25 Å². The molecule has 0 aromatic heterocycles. The van der Waals surface area contributed by atoms with Gasteiger partial charge in [-0.05, 0) is 0 Å². The van der Waals surface area contributed by atoms with Crippen molar-refractivity contribution in [3.63, 3.8) is 0 Å². The largest absolute Gasteiger partial charge is 0.480 e. The molecule has 0 amide bonds. The van der Waals surface area contributed by atoms with Crippen molar-refractivity contribution < 1.29 is 9.90 Å². The lowest BCUT2D eigenvalue weighted by atomic mass is 10.4. The van der Waals surface area contributed by atoms with E-state index in [-0.39, 0.29) is 0 Å². The van der Waals surface area contributed by atoms with Gasteiger partial charge in [0.05, 0.1) is 0 Å². The van der Waals surface area contributed by atoms with E-state index in [1.807, 2.05) is 0 Å². The van der Waals surface area contributed by atoms with Crippen LogP contribution in [0.25, 0.3) is 0 Å². The molecule has 0 aromatic rings. The van der Waals surface area contributed by atoms with Crippen molar-refractivity contribution in [1.29, 1.82) is 0 Å². The number of carbonyl (C=O) groups is 1. The first-order valence-electron chi connectivity index (χ1n) is 2.80. The molecule has 0 rings (SSSR count). The molecule has 2 nitrogen and oxygen atoms in total. The number of hydrogen-bond acceptors (Lipinski definition) is 2. The summed E-state index contributed by atoms with van der Waals surface area (Å²) in [5.74, 6) is -0.204. The maximum atomic E-state index is 10.3. The predicted molar refractivity (Wildman–Crippen MR) is 44.3 cm³/mol. The summed E-state index contributed by atoms with van der Waals surface area (Å²) in [5.41, 5.74) is 0. The van der Waals surface area contributed by atoms with Crippen LogP contribution >= 0.6 is 11.8 Å². The second-order valence-electron chi connectivity index (χ2n) is 1.62. The maximum absolute atomic E-state index is 10.3. The molecule has 10 heavy (non-hydrogen) atoms. The van der Waals surface area contributed by atoms with Gasteiger partial charge in [0.1, 0.15) is 5.25 Å². The van der Waals surface area contributed by atoms with E-state index in [1.54, 1.807) is 6.08 Å². The van der Waals surface area contributed by atoms with Crippen molar-refractivity contribution in [3.8, 4) is 0 Å². The molecule has 3 heteroatoms. The SMILES string of the molecule is C=CCSC(C=C)C(=O)O. The second-order valence-corrected chi connectivity index (χ2v) is 2.79. The van der Waals surface area contributed by atoms with Crippen LogP contribution in [0.5, 0.6) is 0 Å². The molecule has 0 heterocycles. The second kappa shape index (κ2) is 5.11. The minimum atomic E-state index is -0.846. The van der Waals surface area contributed by atoms with Gasteiger partial charge in [-0.2, -0.15) is 0 Å². The van der Waals surface area contributed by atoms with E-state index < -0.39 is 11.2 Å². The Morgan fingerprint density at radius 2 is 2.30 bits per heavy atom. The summed E-state index contributed by atoms with van der Waals surface area (Å²) in [7, 11) is 0. The zero-order chi connectivity index (χ0) is 7.98. The van der Waals surface area contributed by atoms with Crippen LogP contribution in [0, 0.1) is 0 Å². The van der Waals surface area contributed by atoms with Gasteiger partial charge in [0.15, 0.2) is 0 Å². The number of rotatable bonds is 5. The topological polar surface area (TPSA) is 37.3 Å². The van der Waals surface area contributed by atoms with Crippen molar-refractivity contribution in [2.24, 2.45) is 0 Å². The van der Waals surface area contributed by atoms with Crippen molar-refractivity contribution in [2.75, 3.05) is 5.75 Å². The highest BCUT2D eigenvalue weighted by Gasteiger charge is 2.11. The summed E-state index contributed by atoms with van der Waals surface area (Å²) in [6.07, 6.45) is 3.08. The van der Waals surface area contributed by atoms with E-state index in [0.717, 1.165) is 0 Å². The first kappa shape index (κ1) is 9.30. The molecule has 0 radical (unpaired) electrons. The van der Waals surface area contributed by atoms with Gasteiger partial charge in [-0.25, -0.2) is 0 Å². The molecular weight excluding hydrogens is 148 g/mol. The molecule has 1 unspecified atom stereocenters. The molecule has 56 valence electrons.